The molecule has 0 aliphatic carbocycles. The normalized spacial score (nSPS) is 16.2. The fourth-order valence-electron chi connectivity index (χ4n) is 3.14. The Hall–Kier alpha value is -2.24. The highest BCUT2D eigenvalue weighted by Gasteiger charge is 2.25. The smallest absolute Gasteiger partial charge is 0.241 e. The highest BCUT2D eigenvalue weighted by Crippen LogP contribution is 2.21. The Morgan fingerprint density at radius 1 is 1.12 bits per heavy atom. The van der Waals surface area contributed by atoms with Gasteiger partial charge in [-0.15, -0.1) is 0 Å². The zero-order valence-electron chi connectivity index (χ0n) is 15.1. The molecule has 0 spiro atoms. The van der Waals surface area contributed by atoms with E-state index in [0.29, 0.717) is 5.02 Å². The molecule has 1 saturated heterocycles. The number of hydrogen-bond acceptors (Lipinski definition) is 4. The van der Waals surface area contributed by atoms with Crippen molar-refractivity contribution in [2.75, 3.05) is 43.5 Å². The number of halogens is 1. The predicted octanol–water partition coefficient (Wildman–Crippen LogP) is 3.50. The molecule has 1 heterocycles. The Kier molecular flexibility index (Phi) is 6.01. The minimum absolute atomic E-state index is 0.00911. The number of nitrogens with one attached hydrogen (secondary N) is 1. The molecule has 1 N–H and O–H groups in total. The molecule has 1 aliphatic heterocycles. The van der Waals surface area contributed by atoms with Gasteiger partial charge in [0.2, 0.25) is 5.91 Å². The zero-order valence-corrected chi connectivity index (χ0v) is 15.9. The molecule has 0 saturated carbocycles. The van der Waals surface area contributed by atoms with E-state index in [0.717, 1.165) is 37.6 Å². The second kappa shape index (κ2) is 8.43. The summed E-state index contributed by atoms with van der Waals surface area (Å²) in [6.45, 7) is 5.41. The second-order valence-electron chi connectivity index (χ2n) is 6.40. The minimum Gasteiger partial charge on any atom is -0.497 e. The lowest BCUT2D eigenvalue weighted by Crippen LogP contribution is -2.52. The highest BCUT2D eigenvalue weighted by atomic mass is 35.5. The third kappa shape index (κ3) is 4.48. The van der Waals surface area contributed by atoms with Gasteiger partial charge in [0.25, 0.3) is 0 Å². The van der Waals surface area contributed by atoms with Crippen molar-refractivity contribution in [2.45, 2.75) is 13.0 Å². The SMILES string of the molecule is COc1ccc(N2CCN([C@@H](C)C(=O)Nc3cccc(Cl)c3)CC2)cc1. The first-order chi connectivity index (χ1) is 12.6. The number of nitrogens with zero attached hydrogens (tertiary/aromatic N) is 2. The quantitative estimate of drug-likeness (QED) is 0.871. The van der Waals surface area contributed by atoms with Crippen molar-refractivity contribution in [3.8, 4) is 5.75 Å². The summed E-state index contributed by atoms with van der Waals surface area (Å²) in [5, 5.41) is 3.56. The average molecular weight is 374 g/mol. The molecule has 0 bridgehead atoms. The summed E-state index contributed by atoms with van der Waals surface area (Å²) >= 11 is 5.97. The third-order valence-electron chi connectivity index (χ3n) is 4.77. The molecule has 2 aromatic carbocycles. The fraction of sp³-hybridized carbons (Fsp3) is 0.350. The fourth-order valence-corrected chi connectivity index (χ4v) is 3.33. The van der Waals surface area contributed by atoms with Crippen molar-refractivity contribution >= 4 is 28.9 Å². The molecule has 1 atom stereocenters. The maximum atomic E-state index is 12.5. The molecule has 1 aliphatic rings. The summed E-state index contributed by atoms with van der Waals surface area (Å²) in [4.78, 5) is 17.1. The largest absolute Gasteiger partial charge is 0.497 e. The van der Waals surface area contributed by atoms with E-state index < -0.39 is 0 Å². The molecule has 1 fully saturated rings. The van der Waals surface area contributed by atoms with Crippen LogP contribution < -0.4 is 15.0 Å². The van der Waals surface area contributed by atoms with Crippen LogP contribution in [0.1, 0.15) is 6.92 Å². The lowest BCUT2D eigenvalue weighted by molar-refractivity contribution is -0.120. The van der Waals surface area contributed by atoms with E-state index in [2.05, 4.69) is 27.2 Å². The number of anilines is 2. The van der Waals surface area contributed by atoms with Gasteiger partial charge >= 0.3 is 0 Å². The second-order valence-corrected chi connectivity index (χ2v) is 6.83. The number of hydrogen-bond donors (Lipinski definition) is 1. The van der Waals surface area contributed by atoms with Gasteiger partial charge in [-0.05, 0) is 49.4 Å². The van der Waals surface area contributed by atoms with Gasteiger partial charge in [0.15, 0.2) is 0 Å². The van der Waals surface area contributed by atoms with E-state index in [-0.39, 0.29) is 11.9 Å². The molecule has 6 heteroatoms. The first-order valence-electron chi connectivity index (χ1n) is 8.76. The van der Waals surface area contributed by atoms with E-state index >= 15 is 0 Å². The summed E-state index contributed by atoms with van der Waals surface area (Å²) in [6, 6.07) is 15.1. The number of amides is 1. The number of piperazine rings is 1. The molecular weight excluding hydrogens is 350 g/mol. The monoisotopic (exact) mass is 373 g/mol. The van der Waals surface area contributed by atoms with Crippen LogP contribution in [-0.4, -0.2) is 50.1 Å². The molecular formula is C20H24ClN3O2. The molecule has 0 aromatic heterocycles. The van der Waals surface area contributed by atoms with Crippen molar-refractivity contribution < 1.29 is 9.53 Å². The predicted molar refractivity (Wildman–Crippen MR) is 106 cm³/mol. The Morgan fingerprint density at radius 2 is 1.81 bits per heavy atom. The van der Waals surface area contributed by atoms with Crippen molar-refractivity contribution in [3.63, 3.8) is 0 Å². The summed E-state index contributed by atoms with van der Waals surface area (Å²) in [5.41, 5.74) is 1.91. The maximum Gasteiger partial charge on any atom is 0.241 e. The maximum absolute atomic E-state index is 12.5. The Balaban J connectivity index is 1.54. The summed E-state index contributed by atoms with van der Waals surface area (Å²) in [5.74, 6) is 0.851. The van der Waals surface area contributed by atoms with Gasteiger partial charge in [0.05, 0.1) is 13.2 Å². The first-order valence-corrected chi connectivity index (χ1v) is 9.14. The summed E-state index contributed by atoms with van der Waals surface area (Å²) in [7, 11) is 1.67. The van der Waals surface area contributed by atoms with E-state index in [4.69, 9.17) is 16.3 Å². The van der Waals surface area contributed by atoms with E-state index in [1.165, 1.54) is 5.69 Å². The van der Waals surface area contributed by atoms with Gasteiger partial charge in [0.1, 0.15) is 5.75 Å². The standard InChI is InChI=1S/C20H24ClN3O2/c1-15(20(25)22-17-5-3-4-16(21)14-17)23-10-12-24(13-11-23)18-6-8-19(26-2)9-7-18/h3-9,14-15H,10-13H2,1-2H3,(H,22,25)/t15-/m0/s1. The molecule has 1 amide bonds. The van der Waals surface area contributed by atoms with Crippen LogP contribution in [0.2, 0.25) is 5.02 Å². The number of benzene rings is 2. The van der Waals surface area contributed by atoms with Gasteiger partial charge < -0.3 is 15.0 Å². The van der Waals surface area contributed by atoms with Crippen LogP contribution in [0.3, 0.4) is 0 Å². The molecule has 5 nitrogen and oxygen atoms in total. The van der Waals surface area contributed by atoms with Crippen molar-refractivity contribution in [1.82, 2.24) is 4.90 Å². The van der Waals surface area contributed by atoms with Gasteiger partial charge in [-0.2, -0.15) is 0 Å². The number of carbonyl (C=O) groups excluding carboxylic acids is 1. The van der Waals surface area contributed by atoms with Crippen LogP contribution >= 0.6 is 11.6 Å². The summed E-state index contributed by atoms with van der Waals surface area (Å²) < 4.78 is 5.21. The number of carbonyl (C=O) groups is 1. The molecule has 0 unspecified atom stereocenters. The lowest BCUT2D eigenvalue weighted by atomic mass is 10.2. The van der Waals surface area contributed by atoms with Crippen molar-refractivity contribution in [2.24, 2.45) is 0 Å². The van der Waals surface area contributed by atoms with Crippen LogP contribution in [0.5, 0.6) is 5.75 Å². The topological polar surface area (TPSA) is 44.8 Å². The average Bonchev–Trinajstić information content (AvgIpc) is 2.67. The van der Waals surface area contributed by atoms with Gasteiger partial charge in [-0.3, -0.25) is 9.69 Å². The van der Waals surface area contributed by atoms with Crippen molar-refractivity contribution in [1.29, 1.82) is 0 Å². The third-order valence-corrected chi connectivity index (χ3v) is 5.01. The number of methoxy groups -OCH3 is 1. The first kappa shape index (κ1) is 18.5. The van der Waals surface area contributed by atoms with E-state index in [9.17, 15) is 4.79 Å². The summed E-state index contributed by atoms with van der Waals surface area (Å²) in [6.07, 6.45) is 0. The number of rotatable bonds is 5. The van der Waals surface area contributed by atoms with Gasteiger partial charge in [0, 0.05) is 42.6 Å². The zero-order chi connectivity index (χ0) is 18.5. The molecule has 2 aromatic rings. The van der Waals surface area contributed by atoms with Crippen molar-refractivity contribution in [3.05, 3.63) is 53.6 Å². The molecule has 0 radical (unpaired) electrons. The van der Waals surface area contributed by atoms with Crippen LogP contribution in [0.15, 0.2) is 48.5 Å². The number of ether oxygens (including phenoxy) is 1. The van der Waals surface area contributed by atoms with Crippen LogP contribution in [0, 0.1) is 0 Å². The molecule has 138 valence electrons. The Morgan fingerprint density at radius 3 is 2.42 bits per heavy atom. The van der Waals surface area contributed by atoms with E-state index in [1.54, 1.807) is 19.2 Å². The Bertz CT molecular complexity index is 743. The van der Waals surface area contributed by atoms with Crippen LogP contribution in [0.4, 0.5) is 11.4 Å². The highest BCUT2D eigenvalue weighted by molar-refractivity contribution is 6.30. The van der Waals surface area contributed by atoms with Crippen LogP contribution in [0.25, 0.3) is 0 Å². The molecule has 26 heavy (non-hydrogen) atoms. The minimum atomic E-state index is -0.188. The lowest BCUT2D eigenvalue weighted by Gasteiger charge is -2.38. The van der Waals surface area contributed by atoms with Gasteiger partial charge in [-0.1, -0.05) is 17.7 Å². The molecule has 3 rings (SSSR count). The Labute approximate surface area is 159 Å². The van der Waals surface area contributed by atoms with Gasteiger partial charge in [-0.25, -0.2) is 0 Å². The van der Waals surface area contributed by atoms with E-state index in [1.807, 2.05) is 31.2 Å². The van der Waals surface area contributed by atoms with Crippen LogP contribution in [-0.2, 0) is 4.79 Å².